The van der Waals surface area contributed by atoms with E-state index in [2.05, 4.69) is 9.97 Å². The maximum atomic E-state index is 13.7. The number of carbonyl (C=O) groups is 2. The van der Waals surface area contributed by atoms with Crippen LogP contribution in [0.5, 0.6) is 5.75 Å². The molecule has 3 aromatic rings. The number of hydrogen-bond acceptors (Lipinski definition) is 8. The van der Waals surface area contributed by atoms with Crippen molar-refractivity contribution < 1.29 is 49.8 Å². The van der Waals surface area contributed by atoms with Crippen LogP contribution in [0.15, 0.2) is 28.7 Å². The van der Waals surface area contributed by atoms with Crippen molar-refractivity contribution in [2.24, 2.45) is 11.7 Å². The number of esters is 1. The molecule has 0 aliphatic carbocycles. The van der Waals surface area contributed by atoms with Crippen LogP contribution in [0.1, 0.15) is 48.3 Å². The maximum absolute atomic E-state index is 13.7. The number of rotatable bonds is 6. The van der Waals surface area contributed by atoms with Gasteiger partial charge in [0.1, 0.15) is 23.0 Å². The van der Waals surface area contributed by atoms with Gasteiger partial charge in [-0.1, -0.05) is 0 Å². The van der Waals surface area contributed by atoms with Crippen molar-refractivity contribution in [2.45, 2.75) is 44.7 Å². The predicted molar refractivity (Wildman–Crippen MR) is 127 cm³/mol. The van der Waals surface area contributed by atoms with Crippen molar-refractivity contribution in [1.29, 1.82) is 0 Å². The van der Waals surface area contributed by atoms with Crippen molar-refractivity contribution in [3.05, 3.63) is 41.4 Å². The highest BCUT2D eigenvalue weighted by Crippen LogP contribution is 2.41. The Bertz CT molecular complexity index is 1440. The fourth-order valence-electron chi connectivity index (χ4n) is 4.63. The fraction of sp³-hybridized carbons (Fsp3) is 0.440. The van der Waals surface area contributed by atoms with Gasteiger partial charge in [0.25, 0.3) is 5.91 Å². The highest BCUT2D eigenvalue weighted by Gasteiger charge is 2.55. The van der Waals surface area contributed by atoms with E-state index in [0.717, 1.165) is 17.0 Å². The normalized spacial score (nSPS) is 18.7. The molecular weight excluding hydrogens is 550 g/mol. The number of ether oxygens (including phenoxy) is 2. The first-order chi connectivity index (χ1) is 18.7. The van der Waals surface area contributed by atoms with Gasteiger partial charge in [-0.2, -0.15) is 26.3 Å². The average Bonchev–Trinajstić information content (AvgIpc) is 3.52. The molecule has 1 aliphatic rings. The van der Waals surface area contributed by atoms with Crippen LogP contribution in [0.4, 0.5) is 26.3 Å². The third kappa shape index (κ3) is 5.29. The van der Waals surface area contributed by atoms with Crippen molar-refractivity contribution in [3.63, 3.8) is 0 Å². The Morgan fingerprint density at radius 1 is 1.15 bits per heavy atom. The lowest BCUT2D eigenvalue weighted by Gasteiger charge is -2.27. The molecule has 3 heterocycles. The molecule has 1 aromatic carbocycles. The van der Waals surface area contributed by atoms with Crippen LogP contribution in [-0.4, -0.2) is 59.2 Å². The molecule has 9 nitrogen and oxygen atoms in total. The summed E-state index contributed by atoms with van der Waals surface area (Å²) in [7, 11) is 1.25. The van der Waals surface area contributed by atoms with E-state index in [1.807, 2.05) is 0 Å². The number of likely N-dealkylation sites (tertiary alicyclic amines) is 1. The van der Waals surface area contributed by atoms with Gasteiger partial charge in [0.15, 0.2) is 11.5 Å². The molecule has 0 spiro atoms. The topological polar surface area (TPSA) is 121 Å². The summed E-state index contributed by atoms with van der Waals surface area (Å²) < 4.78 is 96.8. The molecule has 0 radical (unpaired) electrons. The van der Waals surface area contributed by atoms with Crippen molar-refractivity contribution >= 4 is 22.8 Å². The Hall–Kier alpha value is -3.88. The Morgan fingerprint density at radius 2 is 1.85 bits per heavy atom. The van der Waals surface area contributed by atoms with Crippen LogP contribution in [0, 0.1) is 5.92 Å². The molecule has 2 aromatic heterocycles. The Balaban J connectivity index is 1.82. The lowest BCUT2D eigenvalue weighted by molar-refractivity contribution is -0.189. The van der Waals surface area contributed by atoms with Crippen LogP contribution in [0.3, 0.4) is 0 Å². The number of benzene rings is 1. The smallest absolute Gasteiger partial charge is 0.433 e. The van der Waals surface area contributed by atoms with Crippen molar-refractivity contribution in [2.75, 3.05) is 20.3 Å². The van der Waals surface area contributed by atoms with Gasteiger partial charge in [-0.15, -0.1) is 0 Å². The third-order valence-electron chi connectivity index (χ3n) is 6.44. The van der Waals surface area contributed by atoms with Gasteiger partial charge in [0.05, 0.1) is 25.7 Å². The highest BCUT2D eigenvalue weighted by molar-refractivity contribution is 5.99. The number of fused-ring (bicyclic) bond motifs is 1. The number of aromatic nitrogens is 2. The summed E-state index contributed by atoms with van der Waals surface area (Å²) in [6.45, 7) is 2.25. The fourth-order valence-corrected chi connectivity index (χ4v) is 4.63. The first-order valence-corrected chi connectivity index (χ1v) is 12.0. The van der Waals surface area contributed by atoms with Gasteiger partial charge in [-0.25, -0.2) is 14.8 Å². The number of oxazole rings is 1. The minimum atomic E-state index is -4.78. The molecule has 1 amide bonds. The first-order valence-electron chi connectivity index (χ1n) is 12.0. The lowest BCUT2D eigenvalue weighted by atomic mass is 9.99. The van der Waals surface area contributed by atoms with E-state index in [1.54, 1.807) is 0 Å². The summed E-state index contributed by atoms with van der Waals surface area (Å²) in [6, 6.07) is 1.71. The molecule has 216 valence electrons. The Labute approximate surface area is 223 Å². The van der Waals surface area contributed by atoms with Crippen LogP contribution in [-0.2, 0) is 15.7 Å². The van der Waals surface area contributed by atoms with Crippen molar-refractivity contribution in [3.8, 4) is 17.2 Å². The van der Waals surface area contributed by atoms with Crippen LogP contribution in [0.25, 0.3) is 22.4 Å². The zero-order chi connectivity index (χ0) is 29.6. The number of amides is 1. The molecule has 1 saturated heterocycles. The summed E-state index contributed by atoms with van der Waals surface area (Å²) in [5.41, 5.74) is 4.31. The molecule has 3 atom stereocenters. The lowest BCUT2D eigenvalue weighted by Crippen LogP contribution is -2.48. The largest absolute Gasteiger partial charge is 0.494 e. The maximum Gasteiger partial charge on any atom is 0.433 e. The summed E-state index contributed by atoms with van der Waals surface area (Å²) in [4.78, 5) is 34.6. The number of nitrogens with zero attached hydrogens (tertiary/aromatic N) is 3. The van der Waals surface area contributed by atoms with Gasteiger partial charge in [0, 0.05) is 17.5 Å². The van der Waals surface area contributed by atoms with Gasteiger partial charge in [-0.05, 0) is 44.5 Å². The summed E-state index contributed by atoms with van der Waals surface area (Å²) in [5.74, 6) is -4.82. The van der Waals surface area contributed by atoms with E-state index < -0.39 is 66.6 Å². The van der Waals surface area contributed by atoms with E-state index in [1.165, 1.54) is 33.1 Å². The number of carbonyl (C=O) groups excluding carboxylic acids is 2. The second-order valence-corrected chi connectivity index (χ2v) is 9.06. The Kier molecular flexibility index (Phi) is 7.71. The molecule has 0 bridgehead atoms. The van der Waals surface area contributed by atoms with E-state index >= 15 is 0 Å². The molecule has 0 saturated carbocycles. The molecule has 1 fully saturated rings. The number of pyridine rings is 1. The van der Waals surface area contributed by atoms with E-state index in [4.69, 9.17) is 19.6 Å². The summed E-state index contributed by atoms with van der Waals surface area (Å²) in [6.07, 6.45) is -10.1. The molecule has 2 unspecified atom stereocenters. The van der Waals surface area contributed by atoms with Crippen LogP contribution >= 0.6 is 0 Å². The second-order valence-electron chi connectivity index (χ2n) is 9.06. The quantitative estimate of drug-likeness (QED) is 0.326. The third-order valence-corrected chi connectivity index (χ3v) is 6.44. The van der Waals surface area contributed by atoms with E-state index in [-0.39, 0.29) is 40.5 Å². The van der Waals surface area contributed by atoms with Crippen LogP contribution in [0.2, 0.25) is 0 Å². The molecule has 4 rings (SSSR count). The number of halogens is 6. The van der Waals surface area contributed by atoms with Crippen molar-refractivity contribution in [1.82, 2.24) is 14.9 Å². The molecule has 40 heavy (non-hydrogen) atoms. The molecule has 2 N–H and O–H groups in total. The first kappa shape index (κ1) is 29.1. The summed E-state index contributed by atoms with van der Waals surface area (Å²) >= 11 is 0. The Morgan fingerprint density at radius 3 is 2.42 bits per heavy atom. The van der Waals surface area contributed by atoms with Gasteiger partial charge >= 0.3 is 18.3 Å². The summed E-state index contributed by atoms with van der Waals surface area (Å²) in [5, 5.41) is 0.131. The predicted octanol–water partition coefficient (Wildman–Crippen LogP) is 4.89. The van der Waals surface area contributed by atoms with Crippen LogP contribution < -0.4 is 10.5 Å². The highest BCUT2D eigenvalue weighted by atomic mass is 19.4. The molecular formula is C25H24F6N4O5. The van der Waals surface area contributed by atoms with E-state index in [0.29, 0.717) is 0 Å². The monoisotopic (exact) mass is 574 g/mol. The van der Waals surface area contributed by atoms with Gasteiger partial charge < -0.3 is 24.5 Å². The number of hydrogen-bond donors (Lipinski definition) is 1. The molecule has 1 aliphatic heterocycles. The minimum Gasteiger partial charge on any atom is -0.494 e. The van der Waals surface area contributed by atoms with Gasteiger partial charge in [0.2, 0.25) is 5.89 Å². The number of alkyl halides is 6. The zero-order valence-electron chi connectivity index (χ0n) is 21.4. The molecule has 15 heteroatoms. The van der Waals surface area contributed by atoms with E-state index in [9.17, 15) is 35.9 Å². The minimum absolute atomic E-state index is 0.0210. The number of nitrogens with two attached hydrogens (primary N) is 1. The standard InChI is InChI=1S/C25H24F6N4O5/c1-4-39-23(37)19-14(24(26,27)28)9-10-35(19)22(36)18-20(11(2)32)40-21(34-18)13-5-7-15(38-3)17-12(13)6-8-16(33-17)25(29,30)31/h5-8,11,14,19H,4,9-10,32H2,1-3H3/t11?,14-,19?/m0/s1. The second kappa shape index (κ2) is 10.6. The number of methoxy groups -OCH3 is 1. The SMILES string of the molecule is CCOC(=O)C1[C@@H](C(F)(F)F)CCN1C(=O)c1nc(-c2ccc(OC)c3nc(C(F)(F)F)ccc23)oc1C(C)N. The zero-order valence-corrected chi connectivity index (χ0v) is 21.4. The average molecular weight is 574 g/mol. The van der Waals surface area contributed by atoms with Gasteiger partial charge in [-0.3, -0.25) is 4.79 Å².